The van der Waals surface area contributed by atoms with Gasteiger partial charge in [-0.15, -0.1) is 0 Å². The van der Waals surface area contributed by atoms with Gasteiger partial charge in [0.15, 0.2) is 0 Å². The number of nitrogens with zero attached hydrogens (tertiary/aromatic N) is 3. The molecule has 0 aliphatic carbocycles. The molecule has 1 aromatic heterocycles. The second kappa shape index (κ2) is 5.07. The molecule has 0 unspecified atom stereocenters. The van der Waals surface area contributed by atoms with Crippen molar-refractivity contribution in [3.05, 3.63) is 28.9 Å². The molecule has 0 saturated carbocycles. The van der Waals surface area contributed by atoms with Crippen molar-refractivity contribution in [2.24, 2.45) is 0 Å². The minimum Gasteiger partial charge on any atom is -0.302 e. The molecule has 4 nitrogen and oxygen atoms in total. The largest absolute Gasteiger partial charge is 0.347 e. The van der Waals surface area contributed by atoms with E-state index in [1.807, 2.05) is 0 Å². The lowest BCUT2D eigenvalue weighted by Crippen LogP contribution is -2.34. The van der Waals surface area contributed by atoms with Gasteiger partial charge >= 0.3 is 5.69 Å². The Hall–Kier alpha value is -1.16. The normalized spacial score (nSPS) is 17.9. The summed E-state index contributed by atoms with van der Waals surface area (Å²) in [4.78, 5) is 17.5. The van der Waals surface area contributed by atoms with Gasteiger partial charge in [0.25, 0.3) is 0 Å². The van der Waals surface area contributed by atoms with Crippen molar-refractivity contribution in [2.75, 3.05) is 19.6 Å². The summed E-state index contributed by atoms with van der Waals surface area (Å²) in [6, 6.07) is 1.80. The van der Waals surface area contributed by atoms with Gasteiger partial charge in [-0.1, -0.05) is 6.42 Å². The monoisotopic (exact) mass is 207 g/mol. The average Bonchev–Trinajstić information content (AvgIpc) is 2.29. The topological polar surface area (TPSA) is 38.1 Å². The molecule has 1 aromatic rings. The van der Waals surface area contributed by atoms with Crippen LogP contribution in [-0.4, -0.2) is 34.1 Å². The second-order valence-corrected chi connectivity index (χ2v) is 4.00. The third-order valence-electron chi connectivity index (χ3n) is 2.89. The van der Waals surface area contributed by atoms with Crippen LogP contribution in [0, 0.1) is 0 Å². The number of aromatic nitrogens is 2. The lowest BCUT2D eigenvalue weighted by molar-refractivity contribution is 0.219. The first-order valence-corrected chi connectivity index (χ1v) is 5.60. The van der Waals surface area contributed by atoms with Crippen LogP contribution in [0.5, 0.6) is 0 Å². The van der Waals surface area contributed by atoms with Gasteiger partial charge in [-0.2, -0.15) is 0 Å². The number of piperidine rings is 1. The summed E-state index contributed by atoms with van der Waals surface area (Å²) in [7, 11) is 0. The van der Waals surface area contributed by atoms with Crippen LogP contribution in [0.15, 0.2) is 23.3 Å². The van der Waals surface area contributed by atoms with E-state index in [0.29, 0.717) is 0 Å². The standard InChI is InChI=1S/C11H17N3O/c15-11-12-5-4-8-14(11)10-9-13-6-2-1-3-7-13/h4-5,8H,1-3,6-7,9-10H2. The zero-order valence-corrected chi connectivity index (χ0v) is 8.93. The molecule has 0 aromatic carbocycles. The van der Waals surface area contributed by atoms with Gasteiger partial charge in [-0.3, -0.25) is 4.57 Å². The van der Waals surface area contributed by atoms with Crippen molar-refractivity contribution in [2.45, 2.75) is 25.8 Å². The quantitative estimate of drug-likeness (QED) is 0.733. The highest BCUT2D eigenvalue weighted by Gasteiger charge is 2.09. The Morgan fingerprint density at radius 3 is 2.73 bits per heavy atom. The molecule has 0 bridgehead atoms. The zero-order valence-electron chi connectivity index (χ0n) is 8.93. The van der Waals surface area contributed by atoms with Crippen molar-refractivity contribution in [1.29, 1.82) is 0 Å². The third kappa shape index (κ3) is 2.89. The molecule has 0 atom stereocenters. The van der Waals surface area contributed by atoms with Crippen molar-refractivity contribution >= 4 is 0 Å². The van der Waals surface area contributed by atoms with Crippen LogP contribution in [0.4, 0.5) is 0 Å². The van der Waals surface area contributed by atoms with Gasteiger partial charge in [0.1, 0.15) is 0 Å². The molecule has 0 spiro atoms. The Balaban J connectivity index is 1.87. The smallest absolute Gasteiger partial charge is 0.302 e. The Bertz CT molecular complexity index is 355. The van der Waals surface area contributed by atoms with Crippen LogP contribution >= 0.6 is 0 Å². The fourth-order valence-corrected chi connectivity index (χ4v) is 1.99. The second-order valence-electron chi connectivity index (χ2n) is 4.00. The molecule has 0 radical (unpaired) electrons. The van der Waals surface area contributed by atoms with Gasteiger partial charge in [0.2, 0.25) is 0 Å². The lowest BCUT2D eigenvalue weighted by atomic mass is 10.1. The Labute approximate surface area is 89.6 Å². The highest BCUT2D eigenvalue weighted by atomic mass is 16.1. The molecule has 0 N–H and O–H groups in total. The van der Waals surface area contributed by atoms with E-state index in [2.05, 4.69) is 9.88 Å². The van der Waals surface area contributed by atoms with Gasteiger partial charge in [-0.25, -0.2) is 9.78 Å². The summed E-state index contributed by atoms with van der Waals surface area (Å²) in [6.07, 6.45) is 7.28. The number of rotatable bonds is 3. The van der Waals surface area contributed by atoms with Crippen LogP contribution in [0.2, 0.25) is 0 Å². The van der Waals surface area contributed by atoms with Crippen LogP contribution in [0.1, 0.15) is 19.3 Å². The molecule has 1 fully saturated rings. The van der Waals surface area contributed by atoms with Gasteiger partial charge in [0, 0.05) is 25.5 Å². The number of hydrogen-bond donors (Lipinski definition) is 0. The number of hydrogen-bond acceptors (Lipinski definition) is 3. The predicted octanol–water partition coefficient (Wildman–Crippen LogP) is 0.729. The van der Waals surface area contributed by atoms with Crippen LogP contribution in [0.3, 0.4) is 0 Å². The predicted molar refractivity (Wildman–Crippen MR) is 58.8 cm³/mol. The first kappa shape index (κ1) is 10.4. The summed E-state index contributed by atoms with van der Waals surface area (Å²) in [5.74, 6) is 0. The van der Waals surface area contributed by atoms with Crippen molar-refractivity contribution in [3.63, 3.8) is 0 Å². The Morgan fingerprint density at radius 1 is 1.20 bits per heavy atom. The first-order valence-electron chi connectivity index (χ1n) is 5.60. The SMILES string of the molecule is O=c1ncccn1CCN1CCCCC1. The highest BCUT2D eigenvalue weighted by molar-refractivity contribution is 4.81. The van der Waals surface area contributed by atoms with Crippen molar-refractivity contribution in [1.82, 2.24) is 14.5 Å². The zero-order chi connectivity index (χ0) is 10.5. The Morgan fingerprint density at radius 2 is 2.00 bits per heavy atom. The maximum Gasteiger partial charge on any atom is 0.347 e. The first-order chi connectivity index (χ1) is 7.36. The fraction of sp³-hybridized carbons (Fsp3) is 0.636. The number of likely N-dealkylation sites (tertiary alicyclic amines) is 1. The van der Waals surface area contributed by atoms with E-state index in [0.717, 1.165) is 13.1 Å². The molecular weight excluding hydrogens is 190 g/mol. The summed E-state index contributed by atoms with van der Waals surface area (Å²) in [6.45, 7) is 4.07. The fourth-order valence-electron chi connectivity index (χ4n) is 1.99. The Kier molecular flexibility index (Phi) is 3.50. The van der Waals surface area contributed by atoms with Crippen LogP contribution < -0.4 is 5.69 Å². The van der Waals surface area contributed by atoms with Crippen LogP contribution in [-0.2, 0) is 6.54 Å². The van der Waals surface area contributed by atoms with E-state index in [1.165, 1.54) is 32.4 Å². The van der Waals surface area contributed by atoms with E-state index in [1.54, 1.807) is 23.0 Å². The third-order valence-corrected chi connectivity index (χ3v) is 2.89. The van der Waals surface area contributed by atoms with E-state index < -0.39 is 0 Å². The molecule has 2 heterocycles. The molecule has 15 heavy (non-hydrogen) atoms. The summed E-state index contributed by atoms with van der Waals surface area (Å²) in [5.41, 5.74) is -0.144. The molecule has 1 saturated heterocycles. The van der Waals surface area contributed by atoms with E-state index in [4.69, 9.17) is 0 Å². The molecule has 82 valence electrons. The van der Waals surface area contributed by atoms with E-state index in [-0.39, 0.29) is 5.69 Å². The molecule has 1 aliphatic rings. The molecule has 2 rings (SSSR count). The highest BCUT2D eigenvalue weighted by Crippen LogP contribution is 2.07. The van der Waals surface area contributed by atoms with Crippen LogP contribution in [0.25, 0.3) is 0 Å². The lowest BCUT2D eigenvalue weighted by Gasteiger charge is -2.26. The summed E-state index contributed by atoms with van der Waals surface area (Å²) in [5, 5.41) is 0. The average molecular weight is 207 g/mol. The minimum atomic E-state index is -0.144. The molecule has 1 aliphatic heterocycles. The summed E-state index contributed by atoms with van der Waals surface area (Å²) < 4.78 is 1.68. The van der Waals surface area contributed by atoms with Gasteiger partial charge < -0.3 is 4.90 Å². The molecule has 0 amide bonds. The van der Waals surface area contributed by atoms with Gasteiger partial charge in [-0.05, 0) is 32.0 Å². The minimum absolute atomic E-state index is 0.144. The maximum absolute atomic E-state index is 11.3. The van der Waals surface area contributed by atoms with Crippen molar-refractivity contribution < 1.29 is 0 Å². The molecular formula is C11H17N3O. The van der Waals surface area contributed by atoms with Gasteiger partial charge in [0.05, 0.1) is 0 Å². The van der Waals surface area contributed by atoms with Crippen molar-refractivity contribution in [3.8, 4) is 0 Å². The maximum atomic E-state index is 11.3. The molecule has 4 heteroatoms. The van der Waals surface area contributed by atoms with E-state index in [9.17, 15) is 4.79 Å². The van der Waals surface area contributed by atoms with E-state index >= 15 is 0 Å². The summed E-state index contributed by atoms with van der Waals surface area (Å²) >= 11 is 0.